The molecule has 2 aliphatic heterocycles. The molecule has 0 saturated carbocycles. The predicted molar refractivity (Wildman–Crippen MR) is 94.1 cm³/mol. The Hall–Kier alpha value is -1.64. The number of carbonyl (C=O) groups excluding carboxylic acids is 1. The number of carbonyl (C=O) groups is 1. The topological polar surface area (TPSA) is 115 Å². The maximum Gasteiger partial charge on any atom is 0.217 e. The second-order valence-electron chi connectivity index (χ2n) is 7.45. The van der Waals surface area contributed by atoms with Crippen LogP contribution in [0.1, 0.15) is 41.0 Å². The number of azide groups is 1. The van der Waals surface area contributed by atoms with E-state index in [1.165, 1.54) is 6.92 Å². The molecule has 0 radical (unpaired) electrons. The van der Waals surface area contributed by atoms with Gasteiger partial charge in [0.1, 0.15) is 18.3 Å². The third kappa shape index (κ3) is 4.96. The zero-order valence-corrected chi connectivity index (χ0v) is 16.0. The highest BCUT2D eigenvalue weighted by atomic mass is 16.8. The Labute approximate surface area is 153 Å². The number of hydrogen-bond donors (Lipinski definition) is 1. The van der Waals surface area contributed by atoms with Gasteiger partial charge in [0.2, 0.25) is 5.91 Å². The fraction of sp³-hybridized carbons (Fsp3) is 0.824. The van der Waals surface area contributed by atoms with E-state index in [1.54, 1.807) is 19.9 Å². The first-order valence-electron chi connectivity index (χ1n) is 8.68. The van der Waals surface area contributed by atoms with Crippen LogP contribution in [0.2, 0.25) is 0 Å². The summed E-state index contributed by atoms with van der Waals surface area (Å²) < 4.78 is 23.8. The summed E-state index contributed by atoms with van der Waals surface area (Å²) in [6.45, 7) is 12.7. The summed E-state index contributed by atoms with van der Waals surface area (Å²) in [5, 5.41) is 6.69. The van der Waals surface area contributed by atoms with Crippen LogP contribution in [0.5, 0.6) is 0 Å². The van der Waals surface area contributed by atoms with Crippen LogP contribution in [0.4, 0.5) is 0 Å². The predicted octanol–water partition coefficient (Wildman–Crippen LogP) is 2.42. The highest BCUT2D eigenvalue weighted by molar-refractivity contribution is 5.73. The van der Waals surface area contributed by atoms with Crippen molar-refractivity contribution in [3.63, 3.8) is 0 Å². The Morgan fingerprint density at radius 1 is 1.35 bits per heavy atom. The summed E-state index contributed by atoms with van der Waals surface area (Å²) in [5.41, 5.74) is 8.93. The van der Waals surface area contributed by atoms with Crippen molar-refractivity contribution in [1.82, 2.24) is 5.32 Å². The number of ether oxygens (including phenoxy) is 4. The van der Waals surface area contributed by atoms with Crippen molar-refractivity contribution in [1.29, 1.82) is 0 Å². The van der Waals surface area contributed by atoms with Gasteiger partial charge in [-0.25, -0.2) is 0 Å². The van der Waals surface area contributed by atoms with Gasteiger partial charge in [-0.3, -0.25) is 4.79 Å². The first-order valence-corrected chi connectivity index (χ1v) is 8.68. The summed E-state index contributed by atoms with van der Waals surface area (Å²) in [7, 11) is 0. The van der Waals surface area contributed by atoms with Gasteiger partial charge in [0.05, 0.1) is 18.7 Å². The first-order chi connectivity index (χ1) is 12.1. The average molecular weight is 368 g/mol. The lowest BCUT2D eigenvalue weighted by atomic mass is 9.93. The Balaban J connectivity index is 2.33. The third-order valence-corrected chi connectivity index (χ3v) is 4.31. The molecule has 2 saturated heterocycles. The Bertz CT molecular complexity index is 588. The summed E-state index contributed by atoms with van der Waals surface area (Å²) in [6, 6.07) is -1.16. The molecule has 2 aliphatic rings. The third-order valence-electron chi connectivity index (χ3n) is 4.31. The molecule has 0 spiro atoms. The molecule has 4 unspecified atom stereocenters. The molecule has 26 heavy (non-hydrogen) atoms. The highest BCUT2D eigenvalue weighted by Gasteiger charge is 2.53. The van der Waals surface area contributed by atoms with Crippen LogP contribution in [-0.4, -0.2) is 54.5 Å². The number of hydrogen-bond acceptors (Lipinski definition) is 6. The minimum atomic E-state index is -0.878. The molecule has 1 amide bonds. The van der Waals surface area contributed by atoms with Crippen molar-refractivity contribution in [2.75, 3.05) is 6.61 Å². The van der Waals surface area contributed by atoms with Gasteiger partial charge in [-0.1, -0.05) is 11.2 Å². The zero-order valence-electron chi connectivity index (χ0n) is 16.0. The maximum atomic E-state index is 11.8. The van der Waals surface area contributed by atoms with E-state index in [-0.39, 0.29) is 12.0 Å². The summed E-state index contributed by atoms with van der Waals surface area (Å²) in [6.07, 6.45) is 0.581. The zero-order chi connectivity index (χ0) is 19.5. The summed E-state index contributed by atoms with van der Waals surface area (Å²) in [4.78, 5) is 14.7. The van der Waals surface area contributed by atoms with E-state index in [0.717, 1.165) is 0 Å². The van der Waals surface area contributed by atoms with Crippen LogP contribution >= 0.6 is 0 Å². The molecular weight excluding hydrogens is 340 g/mol. The molecule has 9 nitrogen and oxygen atoms in total. The lowest BCUT2D eigenvalue weighted by Crippen LogP contribution is -2.55. The van der Waals surface area contributed by atoms with E-state index >= 15 is 0 Å². The van der Waals surface area contributed by atoms with Crippen molar-refractivity contribution in [2.24, 2.45) is 5.11 Å². The lowest BCUT2D eigenvalue weighted by molar-refractivity contribution is -0.175. The fourth-order valence-corrected chi connectivity index (χ4v) is 3.39. The number of nitrogens with one attached hydrogen (secondary N) is 1. The van der Waals surface area contributed by atoms with Gasteiger partial charge < -0.3 is 24.3 Å². The Morgan fingerprint density at radius 3 is 2.54 bits per heavy atom. The van der Waals surface area contributed by atoms with Gasteiger partial charge in [0.15, 0.2) is 11.6 Å². The lowest BCUT2D eigenvalue weighted by Gasteiger charge is -2.32. The quantitative estimate of drug-likeness (QED) is 0.321. The standard InChI is InChI=1S/C17H28N4O5/c1-7-8-11(20-21-18)13(19-10(2)22)15-14(25-17(5,6)26-15)12-9-23-16(3,4)24-12/h7,11-15H,1,8-9H2,2-6H3,(H,19,22)/t11-,12?,13?,14?,15?/m0/s1. The SMILES string of the molecule is C=CC[C@H](N=[N+]=[N-])C(NC(C)=O)C1OC(C)(C)OC1C1COC(C)(C)O1. The Morgan fingerprint density at radius 2 is 2.04 bits per heavy atom. The number of amides is 1. The number of rotatable bonds is 7. The molecule has 5 atom stereocenters. The molecule has 146 valence electrons. The van der Waals surface area contributed by atoms with Crippen LogP contribution < -0.4 is 5.32 Å². The molecule has 0 aromatic carbocycles. The van der Waals surface area contributed by atoms with Crippen LogP contribution in [0, 0.1) is 0 Å². The van der Waals surface area contributed by atoms with Gasteiger partial charge in [0, 0.05) is 11.8 Å². The van der Waals surface area contributed by atoms with E-state index in [4.69, 9.17) is 24.5 Å². The van der Waals surface area contributed by atoms with Crippen molar-refractivity contribution in [3.05, 3.63) is 23.1 Å². The smallest absolute Gasteiger partial charge is 0.217 e. The molecule has 2 rings (SSSR count). The molecule has 1 N–H and O–H groups in total. The van der Waals surface area contributed by atoms with Gasteiger partial charge in [-0.15, -0.1) is 6.58 Å². The molecule has 2 fully saturated rings. The van der Waals surface area contributed by atoms with Gasteiger partial charge >= 0.3 is 0 Å². The molecule has 0 bridgehead atoms. The molecule has 9 heteroatoms. The maximum absolute atomic E-state index is 11.8. The van der Waals surface area contributed by atoms with Gasteiger partial charge in [-0.05, 0) is 39.6 Å². The van der Waals surface area contributed by atoms with Gasteiger partial charge in [-0.2, -0.15) is 0 Å². The summed E-state index contributed by atoms with van der Waals surface area (Å²) >= 11 is 0. The van der Waals surface area contributed by atoms with Crippen LogP contribution in [0.15, 0.2) is 17.8 Å². The first kappa shape index (κ1) is 20.7. The van der Waals surface area contributed by atoms with Crippen molar-refractivity contribution >= 4 is 5.91 Å². The molecule has 0 aromatic rings. The van der Waals surface area contributed by atoms with Crippen LogP contribution in [0.3, 0.4) is 0 Å². The molecular formula is C17H28N4O5. The Kier molecular flexibility index (Phi) is 6.31. The fourth-order valence-electron chi connectivity index (χ4n) is 3.39. The van der Waals surface area contributed by atoms with E-state index < -0.39 is 35.9 Å². The highest BCUT2D eigenvalue weighted by Crippen LogP contribution is 2.37. The van der Waals surface area contributed by atoms with Crippen molar-refractivity contribution < 1.29 is 23.7 Å². The van der Waals surface area contributed by atoms with Crippen LogP contribution in [0.25, 0.3) is 10.4 Å². The minimum Gasteiger partial charge on any atom is -0.350 e. The van der Waals surface area contributed by atoms with E-state index in [0.29, 0.717) is 13.0 Å². The monoisotopic (exact) mass is 368 g/mol. The van der Waals surface area contributed by atoms with Crippen LogP contribution in [-0.2, 0) is 23.7 Å². The van der Waals surface area contributed by atoms with Crippen molar-refractivity contribution in [3.8, 4) is 0 Å². The largest absolute Gasteiger partial charge is 0.350 e. The molecule has 2 heterocycles. The van der Waals surface area contributed by atoms with E-state index in [2.05, 4.69) is 21.9 Å². The normalized spacial score (nSPS) is 31.7. The van der Waals surface area contributed by atoms with E-state index in [9.17, 15) is 4.79 Å². The molecule has 0 aliphatic carbocycles. The average Bonchev–Trinajstić information content (AvgIpc) is 3.03. The minimum absolute atomic E-state index is 0.256. The molecule has 0 aromatic heterocycles. The summed E-state index contributed by atoms with van der Waals surface area (Å²) in [5.74, 6) is -1.86. The second-order valence-corrected chi connectivity index (χ2v) is 7.45. The van der Waals surface area contributed by atoms with Crippen molar-refractivity contribution in [2.45, 2.75) is 83.0 Å². The number of nitrogens with zero attached hydrogens (tertiary/aromatic N) is 3. The van der Waals surface area contributed by atoms with E-state index in [1.807, 2.05) is 13.8 Å². The second kappa shape index (κ2) is 7.94. The van der Waals surface area contributed by atoms with Gasteiger partial charge in [0.25, 0.3) is 0 Å².